The van der Waals surface area contributed by atoms with Gasteiger partial charge in [0, 0.05) is 0 Å². The second kappa shape index (κ2) is 7.72. The molecule has 1 aromatic carbocycles. The number of ether oxygens (including phenoxy) is 1. The van der Waals surface area contributed by atoms with Crippen LogP contribution in [-0.4, -0.2) is 71.1 Å². The Morgan fingerprint density at radius 3 is 2.67 bits per heavy atom. The number of aromatic amines is 1. The van der Waals surface area contributed by atoms with Gasteiger partial charge in [0.25, 0.3) is 5.56 Å². The Morgan fingerprint density at radius 1 is 1.27 bits per heavy atom. The molecule has 3 heterocycles. The number of H-pyrrole nitrogens is 1. The van der Waals surface area contributed by atoms with E-state index in [1.165, 1.54) is 22.9 Å². The molecular formula is C17H19N7O6. The monoisotopic (exact) mass is 417 g/mol. The smallest absolute Gasteiger partial charge is 0.280 e. The zero-order valence-electron chi connectivity index (χ0n) is 15.4. The van der Waals surface area contributed by atoms with Gasteiger partial charge in [-0.1, -0.05) is 0 Å². The first-order chi connectivity index (χ1) is 14.4. The summed E-state index contributed by atoms with van der Waals surface area (Å²) >= 11 is 0. The van der Waals surface area contributed by atoms with E-state index in [0.717, 1.165) is 0 Å². The van der Waals surface area contributed by atoms with Crippen LogP contribution in [-0.2, 0) is 4.74 Å². The number of anilines is 2. The van der Waals surface area contributed by atoms with E-state index in [9.17, 15) is 25.2 Å². The molecule has 3 aromatic rings. The standard InChI is InChI=1S/C17H19N7O6/c18-16-21-13-10(14(29)22-16)20-17(23-19-5-7-1-3-8(26)4-2-7)24(13)15-12(28)11(27)9(6-25)30-15/h1-5,9,11-12,15,25-28H,6H2,(H,20,23)(H3,18,21,22,29)/b19-5+. The number of aliphatic hydroxyl groups is 3. The molecule has 13 heteroatoms. The Balaban J connectivity index is 1.75. The second-order valence-corrected chi connectivity index (χ2v) is 6.62. The number of hydrazone groups is 1. The highest BCUT2D eigenvalue weighted by Crippen LogP contribution is 2.33. The molecule has 0 amide bonds. The Labute approximate surface area is 168 Å². The van der Waals surface area contributed by atoms with Gasteiger partial charge in [-0.15, -0.1) is 0 Å². The maximum absolute atomic E-state index is 12.2. The molecular weight excluding hydrogens is 398 g/mol. The zero-order valence-corrected chi connectivity index (χ0v) is 15.4. The SMILES string of the molecule is Nc1nc2c(nc(N/N=C/c3ccc(O)cc3)n2C2OC(CO)C(O)C2O)c(=O)[nH]1. The number of rotatable bonds is 5. The zero-order chi connectivity index (χ0) is 21.4. The van der Waals surface area contributed by atoms with Crippen LogP contribution in [0.1, 0.15) is 11.8 Å². The number of hydrogen-bond acceptors (Lipinski definition) is 11. The van der Waals surface area contributed by atoms with Crippen LogP contribution in [0.4, 0.5) is 11.9 Å². The minimum Gasteiger partial charge on any atom is -0.508 e. The lowest BCUT2D eigenvalue weighted by Crippen LogP contribution is -2.33. The lowest BCUT2D eigenvalue weighted by Gasteiger charge is -2.18. The largest absolute Gasteiger partial charge is 0.508 e. The average Bonchev–Trinajstić information content (AvgIpc) is 3.21. The lowest BCUT2D eigenvalue weighted by molar-refractivity contribution is -0.0501. The van der Waals surface area contributed by atoms with E-state index < -0.39 is 36.7 Å². The molecule has 8 N–H and O–H groups in total. The van der Waals surface area contributed by atoms with Crippen molar-refractivity contribution in [3.63, 3.8) is 0 Å². The van der Waals surface area contributed by atoms with Crippen LogP contribution in [0.15, 0.2) is 34.2 Å². The van der Waals surface area contributed by atoms with Crippen LogP contribution in [0.25, 0.3) is 11.2 Å². The molecule has 4 atom stereocenters. The highest BCUT2D eigenvalue weighted by molar-refractivity contribution is 5.80. The highest BCUT2D eigenvalue weighted by Gasteiger charge is 2.45. The minimum absolute atomic E-state index is 0.00609. The van der Waals surface area contributed by atoms with Crippen molar-refractivity contribution in [1.29, 1.82) is 0 Å². The topological polar surface area (TPSA) is 204 Å². The normalized spacial score (nSPS) is 24.1. The number of aliphatic hydroxyl groups excluding tert-OH is 3. The summed E-state index contributed by atoms with van der Waals surface area (Å²) in [4.78, 5) is 22.8. The van der Waals surface area contributed by atoms with E-state index >= 15 is 0 Å². The van der Waals surface area contributed by atoms with Crippen LogP contribution in [0, 0.1) is 0 Å². The number of benzene rings is 1. The summed E-state index contributed by atoms with van der Waals surface area (Å²) in [6, 6.07) is 6.23. The van der Waals surface area contributed by atoms with Gasteiger partial charge in [-0.3, -0.25) is 14.3 Å². The number of aromatic hydroxyl groups is 1. The van der Waals surface area contributed by atoms with Crippen molar-refractivity contribution in [1.82, 2.24) is 19.5 Å². The predicted octanol–water partition coefficient (Wildman–Crippen LogP) is -1.54. The first-order valence-corrected chi connectivity index (χ1v) is 8.87. The van der Waals surface area contributed by atoms with Gasteiger partial charge < -0.3 is 30.9 Å². The first kappa shape index (κ1) is 19.8. The molecule has 1 fully saturated rings. The number of hydrogen-bond donors (Lipinski definition) is 7. The van der Waals surface area contributed by atoms with Crippen LogP contribution in [0.3, 0.4) is 0 Å². The van der Waals surface area contributed by atoms with Crippen molar-refractivity contribution in [2.45, 2.75) is 24.5 Å². The molecule has 1 aliphatic heterocycles. The van der Waals surface area contributed by atoms with Gasteiger partial charge in [-0.2, -0.15) is 10.1 Å². The maximum Gasteiger partial charge on any atom is 0.280 e. The van der Waals surface area contributed by atoms with Gasteiger partial charge >= 0.3 is 0 Å². The van der Waals surface area contributed by atoms with Crippen LogP contribution >= 0.6 is 0 Å². The molecule has 30 heavy (non-hydrogen) atoms. The van der Waals surface area contributed by atoms with Crippen molar-refractivity contribution in [3.8, 4) is 5.75 Å². The number of nitrogen functional groups attached to an aromatic ring is 1. The number of nitrogens with one attached hydrogen (secondary N) is 2. The van der Waals surface area contributed by atoms with Gasteiger partial charge in [0.1, 0.15) is 24.1 Å². The van der Waals surface area contributed by atoms with E-state index in [1.54, 1.807) is 12.1 Å². The first-order valence-electron chi connectivity index (χ1n) is 8.87. The number of imidazole rings is 1. The van der Waals surface area contributed by atoms with Crippen molar-refractivity contribution in [2.75, 3.05) is 17.8 Å². The number of fused-ring (bicyclic) bond motifs is 1. The Bertz CT molecular complexity index is 1140. The molecule has 0 spiro atoms. The molecule has 4 rings (SSSR count). The van der Waals surface area contributed by atoms with Gasteiger partial charge in [0.15, 0.2) is 17.4 Å². The van der Waals surface area contributed by atoms with E-state index in [2.05, 4.69) is 25.5 Å². The second-order valence-electron chi connectivity index (χ2n) is 6.62. The van der Waals surface area contributed by atoms with Crippen LogP contribution in [0.2, 0.25) is 0 Å². The Morgan fingerprint density at radius 2 is 2.00 bits per heavy atom. The molecule has 0 radical (unpaired) electrons. The lowest BCUT2D eigenvalue weighted by atomic mass is 10.1. The third-order valence-corrected chi connectivity index (χ3v) is 4.61. The predicted molar refractivity (Wildman–Crippen MR) is 105 cm³/mol. The Hall–Kier alpha value is -3.52. The van der Waals surface area contributed by atoms with Gasteiger partial charge in [-0.25, -0.2) is 10.4 Å². The summed E-state index contributed by atoms with van der Waals surface area (Å²) in [6.45, 7) is -0.528. The van der Waals surface area contributed by atoms with E-state index in [0.29, 0.717) is 5.56 Å². The number of nitrogens with two attached hydrogens (primary N) is 1. The highest BCUT2D eigenvalue weighted by atomic mass is 16.6. The fourth-order valence-electron chi connectivity index (χ4n) is 3.14. The van der Waals surface area contributed by atoms with Gasteiger partial charge in [0.05, 0.1) is 12.8 Å². The van der Waals surface area contributed by atoms with E-state index in [-0.39, 0.29) is 28.8 Å². The molecule has 4 unspecified atom stereocenters. The van der Waals surface area contributed by atoms with Crippen LogP contribution in [0.5, 0.6) is 5.75 Å². The van der Waals surface area contributed by atoms with Crippen LogP contribution < -0.4 is 16.7 Å². The quantitative estimate of drug-likeness (QED) is 0.188. The summed E-state index contributed by atoms with van der Waals surface area (Å²) in [5.41, 5.74) is 8.23. The summed E-state index contributed by atoms with van der Waals surface area (Å²) < 4.78 is 6.78. The third-order valence-electron chi connectivity index (χ3n) is 4.61. The third kappa shape index (κ3) is 3.46. The summed E-state index contributed by atoms with van der Waals surface area (Å²) in [6.07, 6.45) is -3.64. The molecule has 0 bridgehead atoms. The van der Waals surface area contributed by atoms with Crippen molar-refractivity contribution >= 4 is 29.3 Å². The summed E-state index contributed by atoms with van der Waals surface area (Å²) in [7, 11) is 0. The summed E-state index contributed by atoms with van der Waals surface area (Å²) in [5, 5.41) is 43.2. The fourth-order valence-corrected chi connectivity index (χ4v) is 3.14. The molecule has 13 nitrogen and oxygen atoms in total. The molecule has 1 aliphatic rings. The van der Waals surface area contributed by atoms with Crippen molar-refractivity contribution in [2.24, 2.45) is 5.10 Å². The van der Waals surface area contributed by atoms with E-state index in [1.807, 2.05) is 0 Å². The number of phenolic OH excluding ortho intramolecular Hbond substituents is 1. The molecule has 0 aliphatic carbocycles. The Kier molecular flexibility index (Phi) is 5.09. The molecule has 158 valence electrons. The van der Waals surface area contributed by atoms with Gasteiger partial charge in [0.2, 0.25) is 11.9 Å². The fraction of sp³-hybridized carbons (Fsp3) is 0.294. The van der Waals surface area contributed by atoms with Crippen molar-refractivity contribution < 1.29 is 25.2 Å². The number of aromatic nitrogens is 4. The number of nitrogens with zero attached hydrogens (tertiary/aromatic N) is 4. The summed E-state index contributed by atoms with van der Waals surface area (Å²) in [5.74, 6) is -0.0906. The average molecular weight is 417 g/mol. The molecule has 0 saturated carbocycles. The minimum atomic E-state index is -1.44. The maximum atomic E-state index is 12.2. The molecule has 1 saturated heterocycles. The molecule has 2 aromatic heterocycles. The number of phenols is 1. The van der Waals surface area contributed by atoms with Gasteiger partial charge in [-0.05, 0) is 29.8 Å². The van der Waals surface area contributed by atoms with Crippen molar-refractivity contribution in [3.05, 3.63) is 40.2 Å². The van der Waals surface area contributed by atoms with E-state index in [4.69, 9.17) is 10.5 Å².